The number of carbonyl (C=O) groups excluding carboxylic acids is 2. The molecule has 0 unspecified atom stereocenters. The molecular formula is C23H20F3N5O3S. The fourth-order valence-corrected chi connectivity index (χ4v) is 3.35. The lowest BCUT2D eigenvalue weighted by atomic mass is 10.0. The molecule has 0 bridgehead atoms. The second-order valence-corrected chi connectivity index (χ2v) is 8.10. The molecule has 3 rings (SSSR count). The Balaban J connectivity index is 1.69. The second kappa shape index (κ2) is 11.5. The number of urea groups is 1. The summed E-state index contributed by atoms with van der Waals surface area (Å²) in [6.45, 7) is 2.55. The highest BCUT2D eigenvalue weighted by molar-refractivity contribution is 7.16. The molecule has 8 nitrogen and oxygen atoms in total. The molecule has 3 aromatic rings. The number of alkyl halides is 3. The fourth-order valence-electron chi connectivity index (χ4n) is 2.69. The van der Waals surface area contributed by atoms with Crippen LogP contribution in [0, 0.1) is 18.8 Å². The van der Waals surface area contributed by atoms with Crippen molar-refractivity contribution >= 4 is 34.2 Å². The molecule has 0 fully saturated rings. The maximum atomic E-state index is 12.9. The van der Waals surface area contributed by atoms with Crippen molar-refractivity contribution in [1.29, 1.82) is 0 Å². The van der Waals surface area contributed by atoms with E-state index in [4.69, 9.17) is 4.74 Å². The number of hydrogen-bond donors (Lipinski definition) is 3. The van der Waals surface area contributed by atoms with Crippen molar-refractivity contribution in [3.63, 3.8) is 0 Å². The van der Waals surface area contributed by atoms with Gasteiger partial charge in [-0.3, -0.25) is 10.1 Å². The van der Waals surface area contributed by atoms with E-state index in [-0.39, 0.29) is 11.4 Å². The Morgan fingerprint density at radius 1 is 1.11 bits per heavy atom. The van der Waals surface area contributed by atoms with Crippen LogP contribution in [-0.2, 0) is 10.9 Å². The van der Waals surface area contributed by atoms with Gasteiger partial charge in [0.25, 0.3) is 5.91 Å². The number of anilines is 2. The molecule has 0 saturated heterocycles. The second-order valence-electron chi connectivity index (χ2n) is 7.06. The van der Waals surface area contributed by atoms with Gasteiger partial charge in [-0.2, -0.15) is 13.2 Å². The number of halogens is 3. The van der Waals surface area contributed by atoms with Crippen molar-refractivity contribution in [2.45, 2.75) is 13.1 Å². The summed E-state index contributed by atoms with van der Waals surface area (Å²) in [5, 5.41) is 7.94. The highest BCUT2D eigenvalue weighted by Crippen LogP contribution is 2.30. The zero-order valence-electron chi connectivity index (χ0n) is 18.6. The first-order valence-corrected chi connectivity index (χ1v) is 10.9. The Bertz CT molecular complexity index is 1280. The Morgan fingerprint density at radius 2 is 1.91 bits per heavy atom. The van der Waals surface area contributed by atoms with Crippen LogP contribution < -0.4 is 16.0 Å². The summed E-state index contributed by atoms with van der Waals surface area (Å²) in [6.07, 6.45) is -2.06. The number of aryl methyl sites for hydroxylation is 1. The molecule has 0 aliphatic rings. The molecule has 12 heteroatoms. The van der Waals surface area contributed by atoms with Gasteiger partial charge in [0.15, 0.2) is 5.13 Å². The normalized spacial score (nSPS) is 10.8. The van der Waals surface area contributed by atoms with Crippen LogP contribution in [0.3, 0.4) is 0 Å². The van der Waals surface area contributed by atoms with Gasteiger partial charge in [0, 0.05) is 31.0 Å². The lowest BCUT2D eigenvalue weighted by Crippen LogP contribution is -2.31. The minimum Gasteiger partial charge on any atom is -0.383 e. The van der Waals surface area contributed by atoms with Gasteiger partial charge in [-0.25, -0.2) is 14.8 Å². The number of nitrogens with zero attached hydrogens (tertiary/aromatic N) is 2. The average molecular weight is 504 g/mol. The van der Waals surface area contributed by atoms with Gasteiger partial charge in [0.2, 0.25) is 0 Å². The maximum Gasteiger partial charge on any atom is 0.416 e. The first-order valence-electron chi connectivity index (χ1n) is 10.1. The van der Waals surface area contributed by atoms with Crippen molar-refractivity contribution < 1.29 is 27.5 Å². The third kappa shape index (κ3) is 7.53. The highest BCUT2D eigenvalue weighted by atomic mass is 32.1. The summed E-state index contributed by atoms with van der Waals surface area (Å²) in [7, 11) is 1.53. The smallest absolute Gasteiger partial charge is 0.383 e. The molecule has 0 spiro atoms. The number of pyridine rings is 1. The number of thiazole rings is 1. The minimum atomic E-state index is -4.55. The van der Waals surface area contributed by atoms with Gasteiger partial charge in [-0.15, -0.1) is 0 Å². The van der Waals surface area contributed by atoms with Crippen LogP contribution in [0.1, 0.15) is 31.9 Å². The van der Waals surface area contributed by atoms with Crippen molar-refractivity contribution in [3.05, 3.63) is 69.9 Å². The summed E-state index contributed by atoms with van der Waals surface area (Å²) in [4.78, 5) is 32.8. The summed E-state index contributed by atoms with van der Waals surface area (Å²) < 4.78 is 43.5. The van der Waals surface area contributed by atoms with Gasteiger partial charge in [-0.1, -0.05) is 23.3 Å². The molecule has 0 aliphatic heterocycles. The summed E-state index contributed by atoms with van der Waals surface area (Å²) in [5.41, 5.74) is 0.643. The van der Waals surface area contributed by atoms with E-state index in [9.17, 15) is 22.8 Å². The minimum absolute atomic E-state index is 0.207. The van der Waals surface area contributed by atoms with E-state index in [2.05, 4.69) is 37.8 Å². The molecule has 1 aromatic carbocycles. The predicted octanol–water partition coefficient (Wildman–Crippen LogP) is 4.29. The topological polar surface area (TPSA) is 105 Å². The molecule has 182 valence electrons. The van der Waals surface area contributed by atoms with E-state index in [1.165, 1.54) is 30.7 Å². The summed E-state index contributed by atoms with van der Waals surface area (Å²) >= 11 is 1.17. The molecule has 3 amide bonds. The Morgan fingerprint density at radius 3 is 2.66 bits per heavy atom. The largest absolute Gasteiger partial charge is 0.416 e. The number of methoxy groups -OCH3 is 1. The van der Waals surface area contributed by atoms with Crippen LogP contribution in [0.5, 0.6) is 0 Å². The number of rotatable bonds is 6. The molecule has 0 radical (unpaired) electrons. The van der Waals surface area contributed by atoms with Gasteiger partial charge in [0.05, 0.1) is 23.2 Å². The lowest BCUT2D eigenvalue weighted by molar-refractivity contribution is -0.137. The Labute approximate surface area is 202 Å². The van der Waals surface area contributed by atoms with Crippen molar-refractivity contribution in [3.8, 4) is 11.8 Å². The van der Waals surface area contributed by atoms with Crippen molar-refractivity contribution in [2.24, 2.45) is 0 Å². The average Bonchev–Trinajstić information content (AvgIpc) is 3.25. The van der Waals surface area contributed by atoms with Gasteiger partial charge in [0.1, 0.15) is 5.82 Å². The number of hydrogen-bond acceptors (Lipinski definition) is 6. The zero-order valence-corrected chi connectivity index (χ0v) is 19.4. The van der Waals surface area contributed by atoms with Crippen molar-refractivity contribution in [1.82, 2.24) is 15.3 Å². The van der Waals surface area contributed by atoms with Crippen LogP contribution in [0.2, 0.25) is 0 Å². The van der Waals surface area contributed by atoms with Crippen LogP contribution >= 0.6 is 11.3 Å². The maximum absolute atomic E-state index is 12.9. The van der Waals surface area contributed by atoms with Gasteiger partial charge < -0.3 is 15.4 Å². The van der Waals surface area contributed by atoms with Crippen LogP contribution in [0.25, 0.3) is 0 Å². The summed E-state index contributed by atoms with van der Waals surface area (Å²) in [6, 6.07) is 5.93. The van der Waals surface area contributed by atoms with Crippen molar-refractivity contribution in [2.75, 3.05) is 30.9 Å². The van der Waals surface area contributed by atoms with Gasteiger partial charge >= 0.3 is 12.2 Å². The van der Waals surface area contributed by atoms with E-state index in [0.29, 0.717) is 28.7 Å². The molecule has 0 saturated carbocycles. The molecule has 2 heterocycles. The monoisotopic (exact) mass is 503 g/mol. The van der Waals surface area contributed by atoms with E-state index in [0.717, 1.165) is 23.9 Å². The van der Waals surface area contributed by atoms with E-state index < -0.39 is 23.7 Å². The van der Waals surface area contributed by atoms with E-state index in [1.54, 1.807) is 12.1 Å². The first kappa shape index (κ1) is 25.7. The molecule has 35 heavy (non-hydrogen) atoms. The zero-order chi connectivity index (χ0) is 25.4. The quantitative estimate of drug-likeness (QED) is 0.344. The van der Waals surface area contributed by atoms with E-state index in [1.807, 2.05) is 6.92 Å². The lowest BCUT2D eigenvalue weighted by Gasteiger charge is -2.09. The third-order valence-electron chi connectivity index (χ3n) is 4.47. The SMILES string of the molecule is COCCNC(=O)Nc1ncc(C#Cc2cc(C(=O)Nc3cc(C(F)(F)F)ccn3)ccc2C)s1. The molecule has 0 atom stereocenters. The third-order valence-corrected chi connectivity index (χ3v) is 5.30. The molecule has 0 aliphatic carbocycles. The number of amides is 3. The summed E-state index contributed by atoms with van der Waals surface area (Å²) in [5.74, 6) is 5.05. The number of aromatic nitrogens is 2. The number of ether oxygens (including phenoxy) is 1. The Hall–Kier alpha value is -3.95. The van der Waals surface area contributed by atoms with Crippen LogP contribution in [0.15, 0.2) is 42.7 Å². The Kier molecular flexibility index (Phi) is 8.40. The molecular weight excluding hydrogens is 483 g/mol. The number of benzene rings is 1. The first-order chi connectivity index (χ1) is 16.7. The highest BCUT2D eigenvalue weighted by Gasteiger charge is 2.30. The standard InChI is InChI=1S/C23H20F3N5O3S/c1-14-3-4-16(20(32)30-19-12-17(7-8-27-19)23(24,25)26)11-15(14)5-6-18-13-29-22(35-18)31-21(33)28-9-10-34-2/h3-4,7-8,11-13H,9-10H2,1-2H3,(H,27,30,32)(H2,28,29,31,33). The van der Waals surface area contributed by atoms with Gasteiger partial charge in [-0.05, 0) is 42.7 Å². The van der Waals surface area contributed by atoms with Crippen LogP contribution in [0.4, 0.5) is 28.9 Å². The van der Waals surface area contributed by atoms with E-state index >= 15 is 0 Å². The van der Waals surface area contributed by atoms with Crippen LogP contribution in [-0.4, -0.2) is 42.2 Å². The number of nitrogens with one attached hydrogen (secondary N) is 3. The predicted molar refractivity (Wildman–Crippen MR) is 125 cm³/mol. The fraction of sp³-hybridized carbons (Fsp3) is 0.217. The molecule has 3 N–H and O–H groups in total. The number of carbonyl (C=O) groups is 2. The molecule has 2 aromatic heterocycles.